The maximum absolute atomic E-state index is 11.7. The van der Waals surface area contributed by atoms with E-state index in [2.05, 4.69) is 54.6 Å². The molecule has 0 N–H and O–H groups in total. The van der Waals surface area contributed by atoms with Gasteiger partial charge in [0.2, 0.25) is 0 Å². The highest BCUT2D eigenvalue weighted by Gasteiger charge is 2.17. The SMILES string of the molecule is O=C1CCc2cc3c(-c4ccccc4)cccc3cc2C1. The molecule has 0 unspecified atom stereocenters. The van der Waals surface area contributed by atoms with Crippen LogP contribution in [-0.4, -0.2) is 5.78 Å². The summed E-state index contributed by atoms with van der Waals surface area (Å²) in [6, 6.07) is 21.4. The van der Waals surface area contributed by atoms with E-state index in [4.69, 9.17) is 0 Å². The van der Waals surface area contributed by atoms with Crippen molar-refractivity contribution in [1.29, 1.82) is 0 Å². The van der Waals surface area contributed by atoms with Gasteiger partial charge in [-0.25, -0.2) is 0 Å². The minimum atomic E-state index is 0.362. The lowest BCUT2D eigenvalue weighted by atomic mass is 9.87. The van der Waals surface area contributed by atoms with Crippen molar-refractivity contribution in [3.05, 3.63) is 71.8 Å². The Hall–Kier alpha value is -2.41. The minimum Gasteiger partial charge on any atom is -0.299 e. The molecule has 3 aromatic rings. The van der Waals surface area contributed by atoms with E-state index in [0.29, 0.717) is 18.6 Å². The molecule has 0 amide bonds. The standard InChI is InChI=1S/C20H16O/c21-18-10-9-15-13-20-16(11-17(15)12-18)7-4-8-19(20)14-5-2-1-3-6-14/h1-8,11,13H,9-10,12H2. The van der Waals surface area contributed by atoms with Crippen molar-refractivity contribution in [3.8, 4) is 11.1 Å². The second-order valence-electron chi connectivity index (χ2n) is 5.73. The van der Waals surface area contributed by atoms with Gasteiger partial charge in [0.15, 0.2) is 0 Å². The number of carbonyl (C=O) groups excluding carboxylic acids is 1. The molecular formula is C20H16O. The molecule has 0 aromatic heterocycles. The molecule has 0 heterocycles. The molecule has 1 aliphatic carbocycles. The third-order valence-corrected chi connectivity index (χ3v) is 4.35. The lowest BCUT2D eigenvalue weighted by molar-refractivity contribution is -0.118. The predicted octanol–water partition coefficient (Wildman–Crippen LogP) is 4.56. The first kappa shape index (κ1) is 12.3. The Morgan fingerprint density at radius 3 is 2.48 bits per heavy atom. The van der Waals surface area contributed by atoms with Crippen LogP contribution < -0.4 is 0 Å². The van der Waals surface area contributed by atoms with Gasteiger partial charge in [-0.05, 0) is 39.4 Å². The molecule has 0 saturated heterocycles. The van der Waals surface area contributed by atoms with Crippen LogP contribution in [0.3, 0.4) is 0 Å². The average Bonchev–Trinajstić information content (AvgIpc) is 2.53. The number of ketones is 1. The number of Topliss-reactive ketones (excluding diaryl/α,β-unsaturated/α-hetero) is 1. The van der Waals surface area contributed by atoms with E-state index in [1.807, 2.05) is 6.07 Å². The molecule has 0 bridgehead atoms. The molecule has 0 spiro atoms. The van der Waals surface area contributed by atoms with Crippen LogP contribution in [0, 0.1) is 0 Å². The third-order valence-electron chi connectivity index (χ3n) is 4.35. The molecule has 1 aliphatic rings. The highest BCUT2D eigenvalue weighted by Crippen LogP contribution is 2.32. The Morgan fingerprint density at radius 1 is 0.762 bits per heavy atom. The van der Waals surface area contributed by atoms with Crippen LogP contribution in [0.1, 0.15) is 17.5 Å². The molecule has 0 saturated carbocycles. The predicted molar refractivity (Wildman–Crippen MR) is 86.4 cm³/mol. The smallest absolute Gasteiger partial charge is 0.137 e. The molecule has 0 fully saturated rings. The molecular weight excluding hydrogens is 256 g/mol. The number of benzene rings is 3. The molecule has 102 valence electrons. The van der Waals surface area contributed by atoms with Crippen LogP contribution in [0.25, 0.3) is 21.9 Å². The van der Waals surface area contributed by atoms with Gasteiger partial charge < -0.3 is 0 Å². The van der Waals surface area contributed by atoms with Gasteiger partial charge >= 0.3 is 0 Å². The Labute approximate surface area is 124 Å². The van der Waals surface area contributed by atoms with Crippen LogP contribution in [-0.2, 0) is 17.6 Å². The van der Waals surface area contributed by atoms with E-state index in [-0.39, 0.29) is 0 Å². The van der Waals surface area contributed by atoms with Gasteiger partial charge in [-0.1, -0.05) is 60.7 Å². The summed E-state index contributed by atoms with van der Waals surface area (Å²) in [6.45, 7) is 0. The summed E-state index contributed by atoms with van der Waals surface area (Å²) < 4.78 is 0. The second-order valence-corrected chi connectivity index (χ2v) is 5.73. The number of aryl methyl sites for hydroxylation is 1. The number of carbonyl (C=O) groups is 1. The summed E-state index contributed by atoms with van der Waals surface area (Å²) in [5, 5.41) is 2.52. The van der Waals surface area contributed by atoms with E-state index in [9.17, 15) is 4.79 Å². The van der Waals surface area contributed by atoms with Crippen LogP contribution in [0.2, 0.25) is 0 Å². The van der Waals surface area contributed by atoms with Crippen LogP contribution in [0.15, 0.2) is 60.7 Å². The molecule has 0 radical (unpaired) electrons. The van der Waals surface area contributed by atoms with Gasteiger partial charge in [0.1, 0.15) is 5.78 Å². The number of fused-ring (bicyclic) bond motifs is 2. The van der Waals surface area contributed by atoms with E-state index in [1.165, 1.54) is 33.0 Å². The molecule has 1 nitrogen and oxygen atoms in total. The van der Waals surface area contributed by atoms with Crippen LogP contribution in [0.4, 0.5) is 0 Å². The molecule has 0 atom stereocenters. The largest absolute Gasteiger partial charge is 0.299 e. The molecule has 4 rings (SSSR count). The summed E-state index contributed by atoms with van der Waals surface area (Å²) in [5.74, 6) is 0.362. The maximum atomic E-state index is 11.7. The zero-order valence-electron chi connectivity index (χ0n) is 11.8. The fourth-order valence-electron chi connectivity index (χ4n) is 3.26. The van der Waals surface area contributed by atoms with Crippen molar-refractivity contribution in [3.63, 3.8) is 0 Å². The van der Waals surface area contributed by atoms with E-state index in [1.54, 1.807) is 0 Å². The van der Waals surface area contributed by atoms with Gasteiger partial charge in [-0.2, -0.15) is 0 Å². The fourth-order valence-corrected chi connectivity index (χ4v) is 3.26. The number of hydrogen-bond donors (Lipinski definition) is 0. The van der Waals surface area contributed by atoms with Gasteiger partial charge in [0, 0.05) is 12.8 Å². The Bertz CT molecular complexity index is 831. The third kappa shape index (κ3) is 2.15. The normalized spacial score (nSPS) is 14.2. The topological polar surface area (TPSA) is 17.1 Å². The first-order valence-electron chi connectivity index (χ1n) is 7.43. The van der Waals surface area contributed by atoms with Gasteiger partial charge in [0.25, 0.3) is 0 Å². The molecule has 3 aromatic carbocycles. The quantitative estimate of drug-likeness (QED) is 0.634. The maximum Gasteiger partial charge on any atom is 0.137 e. The van der Waals surface area contributed by atoms with Gasteiger partial charge in [0.05, 0.1) is 0 Å². The summed E-state index contributed by atoms with van der Waals surface area (Å²) in [5.41, 5.74) is 5.07. The van der Waals surface area contributed by atoms with Crippen LogP contribution >= 0.6 is 0 Å². The minimum absolute atomic E-state index is 0.362. The van der Waals surface area contributed by atoms with Crippen molar-refractivity contribution in [1.82, 2.24) is 0 Å². The van der Waals surface area contributed by atoms with Gasteiger partial charge in [-0.3, -0.25) is 4.79 Å². The Kier molecular flexibility index (Phi) is 2.85. The first-order valence-corrected chi connectivity index (χ1v) is 7.43. The Balaban J connectivity index is 1.96. The summed E-state index contributed by atoms with van der Waals surface area (Å²) >= 11 is 0. The van der Waals surface area contributed by atoms with E-state index >= 15 is 0 Å². The molecule has 21 heavy (non-hydrogen) atoms. The zero-order chi connectivity index (χ0) is 14.2. The summed E-state index contributed by atoms with van der Waals surface area (Å²) in [6.07, 6.45) is 2.17. The summed E-state index contributed by atoms with van der Waals surface area (Å²) in [7, 11) is 0. The van der Waals surface area contributed by atoms with Crippen molar-refractivity contribution in [2.75, 3.05) is 0 Å². The highest BCUT2D eigenvalue weighted by atomic mass is 16.1. The highest BCUT2D eigenvalue weighted by molar-refractivity contribution is 5.98. The Morgan fingerprint density at radius 2 is 1.62 bits per heavy atom. The van der Waals surface area contributed by atoms with Crippen molar-refractivity contribution in [2.24, 2.45) is 0 Å². The van der Waals surface area contributed by atoms with Crippen molar-refractivity contribution in [2.45, 2.75) is 19.3 Å². The lowest BCUT2D eigenvalue weighted by Gasteiger charge is -2.17. The average molecular weight is 272 g/mol. The zero-order valence-corrected chi connectivity index (χ0v) is 11.8. The van der Waals surface area contributed by atoms with Crippen molar-refractivity contribution >= 4 is 16.6 Å². The van der Waals surface area contributed by atoms with Crippen LogP contribution in [0.5, 0.6) is 0 Å². The second kappa shape index (κ2) is 4.85. The first-order chi connectivity index (χ1) is 10.3. The van der Waals surface area contributed by atoms with Gasteiger partial charge in [-0.15, -0.1) is 0 Å². The lowest BCUT2D eigenvalue weighted by Crippen LogP contribution is -2.13. The molecule has 1 heteroatoms. The fraction of sp³-hybridized carbons (Fsp3) is 0.150. The summed E-state index contributed by atoms with van der Waals surface area (Å²) in [4.78, 5) is 11.7. The molecule has 0 aliphatic heterocycles. The van der Waals surface area contributed by atoms with E-state index in [0.717, 1.165) is 6.42 Å². The van der Waals surface area contributed by atoms with Crippen molar-refractivity contribution < 1.29 is 4.79 Å². The monoisotopic (exact) mass is 272 g/mol. The number of rotatable bonds is 1. The van der Waals surface area contributed by atoms with E-state index < -0.39 is 0 Å². The number of hydrogen-bond acceptors (Lipinski definition) is 1.